The number of halogens is 1. The van der Waals surface area contributed by atoms with Gasteiger partial charge in [-0.05, 0) is 55.6 Å². The van der Waals surface area contributed by atoms with Crippen molar-refractivity contribution < 1.29 is 14.3 Å². The van der Waals surface area contributed by atoms with Crippen LogP contribution in [0, 0.1) is 5.92 Å². The number of nitrogens with one attached hydrogen (secondary N) is 3. The Balaban J connectivity index is 0.00000320. The lowest BCUT2D eigenvalue weighted by Gasteiger charge is -2.21. The minimum Gasteiger partial charge on any atom is -0.494 e. The summed E-state index contributed by atoms with van der Waals surface area (Å²) in [6.07, 6.45) is 3.05. The zero-order valence-electron chi connectivity index (χ0n) is 17.1. The van der Waals surface area contributed by atoms with Gasteiger partial charge in [0.1, 0.15) is 5.75 Å². The maximum absolute atomic E-state index is 12.2. The van der Waals surface area contributed by atoms with Crippen molar-refractivity contribution >= 4 is 29.9 Å². The fourth-order valence-electron chi connectivity index (χ4n) is 3.28. The number of anilines is 1. The van der Waals surface area contributed by atoms with Crippen molar-refractivity contribution in [1.29, 1.82) is 0 Å². The molecule has 3 rings (SSSR count). The van der Waals surface area contributed by atoms with Crippen LogP contribution >= 0.6 is 12.4 Å². The maximum Gasteiger partial charge on any atom is 0.224 e. The number of carbonyl (C=O) groups is 2. The van der Waals surface area contributed by atoms with Gasteiger partial charge in [-0.3, -0.25) is 9.59 Å². The predicted octanol–water partition coefficient (Wildman–Crippen LogP) is 3.52. The Morgan fingerprint density at radius 2 is 1.83 bits per heavy atom. The van der Waals surface area contributed by atoms with Crippen LogP contribution in [-0.4, -0.2) is 31.5 Å². The zero-order valence-corrected chi connectivity index (χ0v) is 17.9. The maximum atomic E-state index is 12.2. The molecule has 1 heterocycles. The van der Waals surface area contributed by atoms with Crippen LogP contribution in [0.2, 0.25) is 0 Å². The smallest absolute Gasteiger partial charge is 0.224 e. The molecule has 0 spiro atoms. The monoisotopic (exact) mass is 431 g/mol. The van der Waals surface area contributed by atoms with Crippen molar-refractivity contribution in [2.75, 3.05) is 25.0 Å². The lowest BCUT2D eigenvalue weighted by molar-refractivity contribution is -0.125. The summed E-state index contributed by atoms with van der Waals surface area (Å²) in [7, 11) is 0. The van der Waals surface area contributed by atoms with Crippen molar-refractivity contribution in [3.8, 4) is 5.75 Å². The van der Waals surface area contributed by atoms with Gasteiger partial charge < -0.3 is 20.7 Å². The van der Waals surface area contributed by atoms with E-state index in [-0.39, 0.29) is 30.1 Å². The SMILES string of the molecule is Cl.O=C(CCCOc1ccccc1)Nc1ccc(CNC(=O)C2CCCNC2)cc1. The van der Waals surface area contributed by atoms with Crippen LogP contribution in [0.4, 0.5) is 5.69 Å². The molecule has 2 aromatic rings. The van der Waals surface area contributed by atoms with E-state index < -0.39 is 0 Å². The first-order valence-corrected chi connectivity index (χ1v) is 10.3. The number of ether oxygens (including phenoxy) is 1. The molecule has 0 bridgehead atoms. The third-order valence-corrected chi connectivity index (χ3v) is 4.93. The minimum atomic E-state index is -0.0347. The van der Waals surface area contributed by atoms with Gasteiger partial charge in [-0.2, -0.15) is 0 Å². The molecule has 30 heavy (non-hydrogen) atoms. The van der Waals surface area contributed by atoms with E-state index in [1.807, 2.05) is 54.6 Å². The zero-order chi connectivity index (χ0) is 20.3. The van der Waals surface area contributed by atoms with Crippen LogP contribution in [-0.2, 0) is 16.1 Å². The highest BCUT2D eigenvalue weighted by Crippen LogP contribution is 2.13. The molecule has 2 aromatic carbocycles. The van der Waals surface area contributed by atoms with Crippen LogP contribution in [0.5, 0.6) is 5.75 Å². The molecule has 1 saturated heterocycles. The van der Waals surface area contributed by atoms with Crippen LogP contribution in [0.1, 0.15) is 31.2 Å². The fraction of sp³-hybridized carbons (Fsp3) is 0.391. The summed E-state index contributed by atoms with van der Waals surface area (Å²) >= 11 is 0. The number of benzene rings is 2. The first kappa shape index (κ1) is 23.7. The van der Waals surface area contributed by atoms with E-state index in [9.17, 15) is 9.59 Å². The topological polar surface area (TPSA) is 79.5 Å². The van der Waals surface area contributed by atoms with Crippen molar-refractivity contribution in [2.24, 2.45) is 5.92 Å². The van der Waals surface area contributed by atoms with Crippen LogP contribution < -0.4 is 20.7 Å². The molecule has 1 aliphatic rings. The predicted molar refractivity (Wildman–Crippen MR) is 121 cm³/mol. The van der Waals surface area contributed by atoms with Gasteiger partial charge in [-0.25, -0.2) is 0 Å². The number of rotatable bonds is 9. The number of hydrogen-bond acceptors (Lipinski definition) is 4. The summed E-state index contributed by atoms with van der Waals surface area (Å²) in [6, 6.07) is 17.2. The summed E-state index contributed by atoms with van der Waals surface area (Å²) in [5.41, 5.74) is 1.77. The van der Waals surface area contributed by atoms with E-state index in [0.717, 1.165) is 42.9 Å². The Bertz CT molecular complexity index is 778. The summed E-state index contributed by atoms with van der Waals surface area (Å²) in [6.45, 7) is 2.76. The summed E-state index contributed by atoms with van der Waals surface area (Å²) < 4.78 is 5.59. The molecule has 0 aliphatic carbocycles. The van der Waals surface area contributed by atoms with Gasteiger partial charge in [0.2, 0.25) is 11.8 Å². The summed E-state index contributed by atoms with van der Waals surface area (Å²) in [4.78, 5) is 24.3. The average molecular weight is 432 g/mol. The molecule has 0 aromatic heterocycles. The van der Waals surface area contributed by atoms with E-state index in [1.165, 1.54) is 0 Å². The molecule has 162 valence electrons. The van der Waals surface area contributed by atoms with Crippen molar-refractivity contribution in [1.82, 2.24) is 10.6 Å². The molecular formula is C23H30ClN3O3. The van der Waals surface area contributed by atoms with Gasteiger partial charge in [-0.1, -0.05) is 30.3 Å². The molecule has 6 nitrogen and oxygen atoms in total. The second kappa shape index (κ2) is 12.9. The van der Waals surface area contributed by atoms with Gasteiger partial charge in [0.15, 0.2) is 0 Å². The van der Waals surface area contributed by atoms with Gasteiger partial charge in [-0.15, -0.1) is 12.4 Å². The van der Waals surface area contributed by atoms with Crippen LogP contribution in [0.25, 0.3) is 0 Å². The Hall–Kier alpha value is -2.57. The van der Waals surface area contributed by atoms with Gasteiger partial charge in [0, 0.05) is 25.2 Å². The molecule has 7 heteroatoms. The largest absolute Gasteiger partial charge is 0.494 e. The molecule has 2 amide bonds. The Morgan fingerprint density at radius 3 is 2.53 bits per heavy atom. The first-order chi connectivity index (χ1) is 14.2. The molecule has 1 aliphatic heterocycles. The summed E-state index contributed by atoms with van der Waals surface area (Å²) in [5, 5.41) is 9.15. The van der Waals surface area contributed by atoms with Crippen molar-refractivity contribution in [3.05, 3.63) is 60.2 Å². The highest BCUT2D eigenvalue weighted by molar-refractivity contribution is 5.90. The normalized spacial score (nSPS) is 15.5. The molecule has 1 unspecified atom stereocenters. The Labute approximate surface area is 184 Å². The number of amides is 2. The molecule has 1 atom stereocenters. The molecule has 0 saturated carbocycles. The number of para-hydroxylation sites is 1. The molecule has 0 radical (unpaired) electrons. The standard InChI is InChI=1S/C23H29N3O3.ClH/c27-22(9-5-15-29-21-7-2-1-3-8-21)26-20-12-10-18(11-13-20)16-25-23(28)19-6-4-14-24-17-19;/h1-3,7-8,10-13,19,24H,4-6,9,14-17H2,(H,25,28)(H,26,27);1H. The fourth-order valence-corrected chi connectivity index (χ4v) is 3.28. The second-order valence-electron chi connectivity index (χ2n) is 7.27. The number of piperidine rings is 1. The lowest BCUT2D eigenvalue weighted by Crippen LogP contribution is -2.40. The van der Waals surface area contributed by atoms with E-state index >= 15 is 0 Å². The Kier molecular flexibility index (Phi) is 10.2. The second-order valence-corrected chi connectivity index (χ2v) is 7.27. The van der Waals surface area contributed by atoms with E-state index in [0.29, 0.717) is 26.0 Å². The quantitative estimate of drug-likeness (QED) is 0.531. The number of hydrogen-bond donors (Lipinski definition) is 3. The highest BCUT2D eigenvalue weighted by atomic mass is 35.5. The van der Waals surface area contributed by atoms with Crippen molar-refractivity contribution in [2.45, 2.75) is 32.2 Å². The molecular weight excluding hydrogens is 402 g/mol. The van der Waals surface area contributed by atoms with Crippen LogP contribution in [0.15, 0.2) is 54.6 Å². The van der Waals surface area contributed by atoms with Crippen molar-refractivity contribution in [3.63, 3.8) is 0 Å². The third kappa shape index (κ3) is 8.05. The minimum absolute atomic E-state index is 0. The first-order valence-electron chi connectivity index (χ1n) is 10.3. The lowest BCUT2D eigenvalue weighted by atomic mass is 9.99. The number of carbonyl (C=O) groups excluding carboxylic acids is 2. The molecule has 1 fully saturated rings. The van der Waals surface area contributed by atoms with Gasteiger partial charge >= 0.3 is 0 Å². The average Bonchev–Trinajstić information content (AvgIpc) is 2.77. The molecule has 3 N–H and O–H groups in total. The van der Waals surface area contributed by atoms with Crippen LogP contribution in [0.3, 0.4) is 0 Å². The third-order valence-electron chi connectivity index (χ3n) is 4.93. The van der Waals surface area contributed by atoms with Gasteiger partial charge in [0.25, 0.3) is 0 Å². The van der Waals surface area contributed by atoms with Gasteiger partial charge in [0.05, 0.1) is 12.5 Å². The van der Waals surface area contributed by atoms with E-state index in [1.54, 1.807) is 0 Å². The van der Waals surface area contributed by atoms with E-state index in [4.69, 9.17) is 4.74 Å². The Morgan fingerprint density at radius 1 is 1.07 bits per heavy atom. The highest BCUT2D eigenvalue weighted by Gasteiger charge is 2.20. The van der Waals surface area contributed by atoms with E-state index in [2.05, 4.69) is 16.0 Å². The summed E-state index contributed by atoms with van der Waals surface area (Å²) in [5.74, 6) is 0.948.